The van der Waals surface area contributed by atoms with E-state index in [4.69, 9.17) is 15.2 Å². The van der Waals surface area contributed by atoms with Crippen LogP contribution in [0.2, 0.25) is 0 Å². The SMILES string of the molecule is CSC1O[C@H]([C@H](NC(=O)[C@H]2NC[C@@H]3CC(N)CCO[C@H]32)C(C)C)C(O)C(O)[C@H]1O. The number of aliphatic hydroxyl groups is 3. The summed E-state index contributed by atoms with van der Waals surface area (Å²) in [4.78, 5) is 13.1. The average molecular weight is 434 g/mol. The number of thioether (sulfide) groups is 1. The average Bonchev–Trinajstić information content (AvgIpc) is 2.97. The van der Waals surface area contributed by atoms with Gasteiger partial charge in [0.15, 0.2) is 0 Å². The Bertz CT molecular complexity index is 568. The number of nitrogens with two attached hydrogens (primary N) is 1. The Hall–Kier alpha value is -0.460. The van der Waals surface area contributed by atoms with E-state index >= 15 is 0 Å². The molecule has 0 saturated carbocycles. The van der Waals surface area contributed by atoms with Crippen molar-refractivity contribution in [3.63, 3.8) is 0 Å². The van der Waals surface area contributed by atoms with E-state index in [1.807, 2.05) is 13.8 Å². The van der Waals surface area contributed by atoms with Crippen molar-refractivity contribution in [1.29, 1.82) is 0 Å². The lowest BCUT2D eigenvalue weighted by Gasteiger charge is -2.44. The molecule has 3 fully saturated rings. The monoisotopic (exact) mass is 433 g/mol. The number of hydrogen-bond acceptors (Lipinski definition) is 9. The summed E-state index contributed by atoms with van der Waals surface area (Å²) in [6.07, 6.45) is -1.55. The van der Waals surface area contributed by atoms with Gasteiger partial charge in [-0.3, -0.25) is 4.79 Å². The van der Waals surface area contributed by atoms with Crippen LogP contribution < -0.4 is 16.4 Å². The van der Waals surface area contributed by atoms with Gasteiger partial charge in [0.05, 0.1) is 12.1 Å². The van der Waals surface area contributed by atoms with E-state index in [1.165, 1.54) is 11.8 Å². The molecule has 1 amide bonds. The molecule has 3 saturated heterocycles. The summed E-state index contributed by atoms with van der Waals surface area (Å²) in [5.74, 6) is -0.0943. The van der Waals surface area contributed by atoms with Crippen LogP contribution in [-0.4, -0.2) is 94.7 Å². The molecule has 0 radical (unpaired) electrons. The molecule has 0 aromatic heterocycles. The van der Waals surface area contributed by atoms with Crippen LogP contribution in [-0.2, 0) is 14.3 Å². The zero-order valence-corrected chi connectivity index (χ0v) is 18.0. The van der Waals surface area contributed by atoms with Crippen LogP contribution >= 0.6 is 11.8 Å². The van der Waals surface area contributed by atoms with Gasteiger partial charge >= 0.3 is 0 Å². The van der Waals surface area contributed by atoms with E-state index in [0.717, 1.165) is 12.8 Å². The zero-order chi connectivity index (χ0) is 21.3. The number of ether oxygens (including phenoxy) is 2. The topological polar surface area (TPSA) is 146 Å². The number of nitrogens with one attached hydrogen (secondary N) is 2. The van der Waals surface area contributed by atoms with Crippen molar-refractivity contribution in [2.45, 2.75) is 80.8 Å². The Morgan fingerprint density at radius 2 is 1.97 bits per heavy atom. The van der Waals surface area contributed by atoms with Crippen LogP contribution in [0.1, 0.15) is 26.7 Å². The number of carbonyl (C=O) groups is 1. The minimum Gasteiger partial charge on any atom is -0.388 e. The van der Waals surface area contributed by atoms with E-state index < -0.39 is 41.9 Å². The van der Waals surface area contributed by atoms with Gasteiger partial charge in [-0.05, 0) is 25.0 Å². The second-order valence-electron chi connectivity index (χ2n) is 8.72. The van der Waals surface area contributed by atoms with E-state index in [2.05, 4.69) is 10.6 Å². The maximum absolute atomic E-state index is 13.1. The molecular formula is C19H35N3O6S. The van der Waals surface area contributed by atoms with Crippen molar-refractivity contribution in [1.82, 2.24) is 10.6 Å². The van der Waals surface area contributed by atoms with Gasteiger partial charge in [0.1, 0.15) is 35.9 Å². The van der Waals surface area contributed by atoms with Crippen LogP contribution in [0.15, 0.2) is 0 Å². The Kier molecular flexibility index (Phi) is 7.83. The first-order chi connectivity index (χ1) is 13.7. The van der Waals surface area contributed by atoms with Crippen LogP contribution in [0, 0.1) is 11.8 Å². The van der Waals surface area contributed by atoms with Crippen molar-refractivity contribution < 1.29 is 29.6 Å². The summed E-state index contributed by atoms with van der Waals surface area (Å²) in [5, 5.41) is 37.1. The highest BCUT2D eigenvalue weighted by Crippen LogP contribution is 2.31. The lowest BCUT2D eigenvalue weighted by Crippen LogP contribution is -2.65. The molecule has 10 atom stereocenters. The first kappa shape index (κ1) is 23.2. The quantitative estimate of drug-likeness (QED) is 0.301. The summed E-state index contributed by atoms with van der Waals surface area (Å²) in [7, 11) is 0. The number of fused-ring (bicyclic) bond motifs is 1. The zero-order valence-electron chi connectivity index (χ0n) is 17.2. The molecule has 4 unspecified atom stereocenters. The van der Waals surface area contributed by atoms with Gasteiger partial charge in [-0.15, -0.1) is 11.8 Å². The number of amides is 1. The maximum Gasteiger partial charge on any atom is 0.240 e. The van der Waals surface area contributed by atoms with E-state index in [-0.39, 0.29) is 29.9 Å². The van der Waals surface area contributed by atoms with E-state index in [1.54, 1.807) is 6.26 Å². The highest BCUT2D eigenvalue weighted by molar-refractivity contribution is 7.99. The lowest BCUT2D eigenvalue weighted by molar-refractivity contribution is -0.208. The summed E-state index contributed by atoms with van der Waals surface area (Å²) in [6, 6.07) is -0.957. The summed E-state index contributed by atoms with van der Waals surface area (Å²) < 4.78 is 11.8. The maximum atomic E-state index is 13.1. The molecule has 29 heavy (non-hydrogen) atoms. The van der Waals surface area contributed by atoms with Crippen molar-refractivity contribution in [2.24, 2.45) is 17.6 Å². The largest absolute Gasteiger partial charge is 0.388 e. The number of carbonyl (C=O) groups excluding carboxylic acids is 1. The van der Waals surface area contributed by atoms with E-state index in [0.29, 0.717) is 13.2 Å². The molecule has 168 valence electrons. The van der Waals surface area contributed by atoms with Gasteiger partial charge in [-0.25, -0.2) is 0 Å². The normalized spacial score (nSPS) is 44.2. The van der Waals surface area contributed by atoms with Crippen molar-refractivity contribution in [3.8, 4) is 0 Å². The minimum absolute atomic E-state index is 0.0655. The van der Waals surface area contributed by atoms with E-state index in [9.17, 15) is 20.1 Å². The Morgan fingerprint density at radius 1 is 1.24 bits per heavy atom. The van der Waals surface area contributed by atoms with Crippen LogP contribution in [0.3, 0.4) is 0 Å². The minimum atomic E-state index is -1.34. The molecule has 0 bridgehead atoms. The van der Waals surface area contributed by atoms with Crippen LogP contribution in [0.4, 0.5) is 0 Å². The molecule has 10 heteroatoms. The smallest absolute Gasteiger partial charge is 0.240 e. The summed E-state index contributed by atoms with van der Waals surface area (Å²) >= 11 is 1.25. The standard InChI is InChI=1S/C19H35N3O6S/c1-8(2)11(17-14(24)13(23)15(25)19(28-17)29-3)22-18(26)12-16-9(7-21-12)6-10(20)4-5-27-16/h8-17,19,21,23-25H,4-7,20H2,1-3H3,(H,22,26)/t9-,10?,11+,12-,13?,14?,15+,16+,17+,19?/m0/s1. The molecule has 0 aromatic carbocycles. The summed E-state index contributed by atoms with van der Waals surface area (Å²) in [6.45, 7) is 5.04. The molecule has 0 spiro atoms. The molecule has 0 aromatic rings. The Balaban J connectivity index is 1.71. The summed E-state index contributed by atoms with van der Waals surface area (Å²) in [5.41, 5.74) is 5.41. The highest BCUT2D eigenvalue weighted by Gasteiger charge is 2.49. The first-order valence-electron chi connectivity index (χ1n) is 10.4. The predicted molar refractivity (Wildman–Crippen MR) is 109 cm³/mol. The molecule has 0 aliphatic carbocycles. The molecule has 3 aliphatic heterocycles. The second kappa shape index (κ2) is 9.78. The third-order valence-corrected chi connectivity index (χ3v) is 7.15. The Labute approximate surface area is 176 Å². The van der Waals surface area contributed by atoms with Crippen molar-refractivity contribution in [2.75, 3.05) is 19.4 Å². The number of rotatable bonds is 5. The second-order valence-corrected chi connectivity index (χ2v) is 9.66. The first-order valence-corrected chi connectivity index (χ1v) is 11.7. The number of aliphatic hydroxyl groups excluding tert-OH is 3. The molecule has 3 heterocycles. The molecule has 9 nitrogen and oxygen atoms in total. The highest BCUT2D eigenvalue weighted by atomic mass is 32.2. The van der Waals surface area contributed by atoms with Crippen LogP contribution in [0.25, 0.3) is 0 Å². The van der Waals surface area contributed by atoms with Crippen molar-refractivity contribution >= 4 is 17.7 Å². The van der Waals surface area contributed by atoms with Gasteiger partial charge in [0.25, 0.3) is 0 Å². The molecular weight excluding hydrogens is 398 g/mol. The third-order valence-electron chi connectivity index (χ3n) is 6.30. The molecule has 3 aliphatic rings. The fourth-order valence-corrected chi connectivity index (χ4v) is 5.26. The van der Waals surface area contributed by atoms with Gasteiger partial charge in [-0.1, -0.05) is 13.8 Å². The lowest BCUT2D eigenvalue weighted by atomic mass is 9.88. The fourth-order valence-electron chi connectivity index (χ4n) is 4.58. The van der Waals surface area contributed by atoms with Gasteiger partial charge in [0.2, 0.25) is 5.91 Å². The van der Waals surface area contributed by atoms with Crippen molar-refractivity contribution in [3.05, 3.63) is 0 Å². The van der Waals surface area contributed by atoms with Crippen LogP contribution in [0.5, 0.6) is 0 Å². The van der Waals surface area contributed by atoms with Gasteiger partial charge in [-0.2, -0.15) is 0 Å². The van der Waals surface area contributed by atoms with Gasteiger partial charge in [0, 0.05) is 25.1 Å². The molecule has 7 N–H and O–H groups in total. The van der Waals surface area contributed by atoms with Gasteiger partial charge < -0.3 is 41.2 Å². The third kappa shape index (κ3) is 4.90. The number of hydrogen-bond donors (Lipinski definition) is 6. The predicted octanol–water partition coefficient (Wildman–Crippen LogP) is -1.61. The fraction of sp³-hybridized carbons (Fsp3) is 0.947. The molecule has 3 rings (SSSR count). The Morgan fingerprint density at radius 3 is 2.62 bits per heavy atom.